The normalized spacial score (nSPS) is 16.5. The lowest BCUT2D eigenvalue weighted by molar-refractivity contribution is -0.153. The van der Waals surface area contributed by atoms with Crippen LogP contribution in [0.5, 0.6) is 0 Å². The van der Waals surface area contributed by atoms with Crippen LogP contribution < -0.4 is 5.73 Å². The highest BCUT2D eigenvalue weighted by molar-refractivity contribution is 5.82. The van der Waals surface area contributed by atoms with Gasteiger partial charge in [0.05, 0.1) is 7.11 Å². The first kappa shape index (κ1) is 12.4. The number of carbonyl (C=O) groups excluding carboxylic acids is 1. The molecule has 0 aliphatic heterocycles. The van der Waals surface area contributed by atoms with Gasteiger partial charge in [-0.05, 0) is 20.3 Å². The van der Waals surface area contributed by atoms with Gasteiger partial charge >= 0.3 is 5.97 Å². The van der Waals surface area contributed by atoms with Crippen molar-refractivity contribution in [1.82, 2.24) is 0 Å². The minimum Gasteiger partial charge on any atom is -0.468 e. The zero-order valence-electron chi connectivity index (χ0n) is 8.69. The predicted octanol–water partition coefficient (Wildman–Crippen LogP) is 1.41. The summed E-state index contributed by atoms with van der Waals surface area (Å²) < 4.78 is 18.1. The van der Waals surface area contributed by atoms with E-state index in [0.29, 0.717) is 6.42 Å². The molecule has 0 fully saturated rings. The average Bonchev–Trinajstić information content (AvgIpc) is 2.01. The van der Waals surface area contributed by atoms with E-state index >= 15 is 0 Å². The molecule has 0 saturated carbocycles. The summed E-state index contributed by atoms with van der Waals surface area (Å²) >= 11 is 0. The van der Waals surface area contributed by atoms with Crippen molar-refractivity contribution in [2.45, 2.75) is 44.8 Å². The zero-order chi connectivity index (χ0) is 10.7. The molecule has 0 aliphatic rings. The van der Waals surface area contributed by atoms with Gasteiger partial charge in [0.2, 0.25) is 0 Å². The molecule has 0 radical (unpaired) electrons. The van der Waals surface area contributed by atoms with E-state index in [1.54, 1.807) is 0 Å². The van der Waals surface area contributed by atoms with Crippen molar-refractivity contribution in [3.63, 3.8) is 0 Å². The number of halogens is 1. The van der Waals surface area contributed by atoms with Crippen LogP contribution in [0.2, 0.25) is 0 Å². The molecule has 4 heteroatoms. The average molecular weight is 191 g/mol. The molecule has 78 valence electrons. The van der Waals surface area contributed by atoms with Gasteiger partial charge in [0, 0.05) is 0 Å². The Labute approximate surface area is 78.4 Å². The van der Waals surface area contributed by atoms with Crippen LogP contribution in [0.1, 0.15) is 33.6 Å². The quantitative estimate of drug-likeness (QED) is 0.683. The van der Waals surface area contributed by atoms with E-state index in [0.717, 1.165) is 0 Å². The van der Waals surface area contributed by atoms with Crippen molar-refractivity contribution in [1.29, 1.82) is 0 Å². The first-order valence-electron chi connectivity index (χ1n) is 4.35. The maximum atomic E-state index is 13.6. The van der Waals surface area contributed by atoms with E-state index in [2.05, 4.69) is 4.74 Å². The second kappa shape index (κ2) is 4.05. The Morgan fingerprint density at radius 2 is 2.00 bits per heavy atom. The number of alkyl halides is 1. The largest absolute Gasteiger partial charge is 0.468 e. The highest BCUT2D eigenvalue weighted by Crippen LogP contribution is 2.29. The van der Waals surface area contributed by atoms with E-state index in [1.165, 1.54) is 21.0 Å². The maximum absolute atomic E-state index is 13.6. The van der Waals surface area contributed by atoms with Crippen LogP contribution in [-0.4, -0.2) is 24.3 Å². The monoisotopic (exact) mass is 191 g/mol. The fourth-order valence-corrected chi connectivity index (χ4v) is 1.22. The van der Waals surface area contributed by atoms with E-state index in [9.17, 15) is 9.18 Å². The maximum Gasteiger partial charge on any atom is 0.329 e. The van der Waals surface area contributed by atoms with Gasteiger partial charge in [-0.25, -0.2) is 9.18 Å². The van der Waals surface area contributed by atoms with Gasteiger partial charge in [0.15, 0.2) is 0 Å². The number of ether oxygens (including phenoxy) is 1. The Hall–Kier alpha value is -0.640. The molecule has 1 unspecified atom stereocenters. The van der Waals surface area contributed by atoms with Crippen molar-refractivity contribution >= 4 is 5.97 Å². The summed E-state index contributed by atoms with van der Waals surface area (Å²) in [6.45, 7) is 4.43. The van der Waals surface area contributed by atoms with Gasteiger partial charge in [-0.3, -0.25) is 0 Å². The Morgan fingerprint density at radius 3 is 2.23 bits per heavy atom. The van der Waals surface area contributed by atoms with E-state index in [1.807, 2.05) is 6.92 Å². The SMILES string of the molecule is CCCC(N)(C(=O)OC)C(C)(C)F. The molecular weight excluding hydrogens is 173 g/mol. The number of hydrogen-bond donors (Lipinski definition) is 1. The minimum absolute atomic E-state index is 0.281. The van der Waals surface area contributed by atoms with Crippen LogP contribution >= 0.6 is 0 Å². The molecule has 0 amide bonds. The predicted molar refractivity (Wildman–Crippen MR) is 49.0 cm³/mol. The summed E-state index contributed by atoms with van der Waals surface area (Å²) in [7, 11) is 1.21. The van der Waals surface area contributed by atoms with Crippen LogP contribution in [0.3, 0.4) is 0 Å². The summed E-state index contributed by atoms with van der Waals surface area (Å²) in [6.07, 6.45) is 0.919. The molecule has 0 bridgehead atoms. The summed E-state index contributed by atoms with van der Waals surface area (Å²) in [5, 5.41) is 0. The molecule has 0 aromatic carbocycles. The molecule has 2 N–H and O–H groups in total. The molecule has 0 aliphatic carbocycles. The Bertz CT molecular complexity index is 189. The molecular formula is C9H18FNO2. The highest BCUT2D eigenvalue weighted by atomic mass is 19.1. The number of rotatable bonds is 4. The number of hydrogen-bond acceptors (Lipinski definition) is 3. The third kappa shape index (κ3) is 2.40. The fourth-order valence-electron chi connectivity index (χ4n) is 1.22. The van der Waals surface area contributed by atoms with E-state index in [4.69, 9.17) is 5.73 Å². The standard InChI is InChI=1S/C9H18FNO2/c1-5-6-9(11,7(12)13-4)8(2,3)10/h5-6,11H2,1-4H3. The van der Waals surface area contributed by atoms with Crippen molar-refractivity contribution in [3.8, 4) is 0 Å². The zero-order valence-corrected chi connectivity index (χ0v) is 8.69. The molecule has 0 aromatic heterocycles. The summed E-state index contributed by atoms with van der Waals surface area (Å²) in [5.41, 5.74) is 2.39. The van der Waals surface area contributed by atoms with Gasteiger partial charge in [0.25, 0.3) is 0 Å². The van der Waals surface area contributed by atoms with Gasteiger partial charge in [-0.15, -0.1) is 0 Å². The summed E-state index contributed by atoms with van der Waals surface area (Å²) in [4.78, 5) is 11.3. The molecule has 13 heavy (non-hydrogen) atoms. The van der Waals surface area contributed by atoms with Crippen LogP contribution in [0, 0.1) is 0 Å². The number of esters is 1. The fraction of sp³-hybridized carbons (Fsp3) is 0.889. The lowest BCUT2D eigenvalue weighted by Gasteiger charge is -2.35. The van der Waals surface area contributed by atoms with Crippen LogP contribution in [0.15, 0.2) is 0 Å². The second-order valence-corrected chi connectivity index (χ2v) is 3.69. The number of methoxy groups -OCH3 is 1. The Kier molecular flexibility index (Phi) is 3.85. The molecule has 0 spiro atoms. The van der Waals surface area contributed by atoms with Gasteiger partial charge < -0.3 is 10.5 Å². The molecule has 1 atom stereocenters. The molecule has 3 nitrogen and oxygen atoms in total. The lowest BCUT2D eigenvalue weighted by atomic mass is 9.81. The van der Waals surface area contributed by atoms with Crippen molar-refractivity contribution in [2.24, 2.45) is 5.73 Å². The van der Waals surface area contributed by atoms with Gasteiger partial charge in [-0.2, -0.15) is 0 Å². The van der Waals surface area contributed by atoms with Crippen molar-refractivity contribution < 1.29 is 13.9 Å². The van der Waals surface area contributed by atoms with Crippen LogP contribution in [0.25, 0.3) is 0 Å². The highest BCUT2D eigenvalue weighted by Gasteiger charge is 2.49. The molecule has 0 rings (SSSR count). The smallest absolute Gasteiger partial charge is 0.329 e. The lowest BCUT2D eigenvalue weighted by Crippen LogP contribution is -2.61. The second-order valence-electron chi connectivity index (χ2n) is 3.69. The first-order chi connectivity index (χ1) is 5.79. The Balaban J connectivity index is 4.83. The minimum atomic E-state index is -1.77. The van der Waals surface area contributed by atoms with E-state index in [-0.39, 0.29) is 6.42 Å². The topological polar surface area (TPSA) is 52.3 Å². The van der Waals surface area contributed by atoms with Crippen molar-refractivity contribution in [2.75, 3.05) is 7.11 Å². The van der Waals surface area contributed by atoms with Gasteiger partial charge in [0.1, 0.15) is 11.2 Å². The number of carbonyl (C=O) groups is 1. The van der Waals surface area contributed by atoms with Crippen LogP contribution in [0.4, 0.5) is 4.39 Å². The first-order valence-corrected chi connectivity index (χ1v) is 4.35. The number of nitrogens with two attached hydrogens (primary N) is 1. The third-order valence-electron chi connectivity index (χ3n) is 2.25. The third-order valence-corrected chi connectivity index (χ3v) is 2.25. The Morgan fingerprint density at radius 1 is 1.54 bits per heavy atom. The van der Waals surface area contributed by atoms with Crippen LogP contribution in [-0.2, 0) is 9.53 Å². The van der Waals surface area contributed by atoms with Gasteiger partial charge in [-0.1, -0.05) is 13.3 Å². The molecule has 0 aromatic rings. The van der Waals surface area contributed by atoms with Crippen molar-refractivity contribution in [3.05, 3.63) is 0 Å². The summed E-state index contributed by atoms with van der Waals surface area (Å²) in [6, 6.07) is 0. The molecule has 0 saturated heterocycles. The molecule has 0 heterocycles. The summed E-state index contributed by atoms with van der Waals surface area (Å²) in [5.74, 6) is -0.693. The van der Waals surface area contributed by atoms with E-state index < -0.39 is 17.2 Å².